The molecular weight excluding hydrogens is 422 g/mol. The number of carboxylic acids is 1. The highest BCUT2D eigenvalue weighted by Gasteiger charge is 2.30. The van der Waals surface area contributed by atoms with E-state index < -0.39 is 16.0 Å². The third-order valence-corrected chi connectivity index (χ3v) is 7.16. The number of carboxylic acid groups (broad SMARTS) is 1. The van der Waals surface area contributed by atoms with E-state index in [1.807, 2.05) is 0 Å². The van der Waals surface area contributed by atoms with Crippen molar-refractivity contribution < 1.29 is 18.3 Å². The predicted octanol–water partition coefficient (Wildman–Crippen LogP) is 3.15. The highest BCUT2D eigenvalue weighted by molar-refractivity contribution is 9.12. The maximum atomic E-state index is 12.5. The molecule has 0 aliphatic carbocycles. The molecule has 0 unspecified atom stereocenters. The van der Waals surface area contributed by atoms with E-state index in [0.717, 1.165) is 0 Å². The number of carbonyl (C=O) groups is 1. The molecule has 9 heteroatoms. The molecule has 1 aromatic rings. The summed E-state index contributed by atoms with van der Waals surface area (Å²) in [5.41, 5.74) is 0. The summed E-state index contributed by atoms with van der Waals surface area (Å²) in [5, 5.41) is 8.70. The van der Waals surface area contributed by atoms with Gasteiger partial charge >= 0.3 is 5.97 Å². The molecule has 0 aliphatic heterocycles. The SMILES string of the molecule is CC(C)N(CCC(=O)O)S(=O)(=O)c1cc(Br)sc1Br. The Bertz CT molecular complexity index is 568. The Labute approximate surface area is 132 Å². The standard InChI is InChI=1S/C10H13Br2NO4S2/c1-6(2)13(4-3-9(14)15)19(16,17)7-5-8(11)18-10(7)12/h5-6H,3-4H2,1-2H3,(H,14,15). The normalized spacial score (nSPS) is 12.3. The third kappa shape index (κ3) is 4.25. The molecule has 0 aliphatic rings. The molecular formula is C10H13Br2NO4S2. The van der Waals surface area contributed by atoms with Crippen LogP contribution in [-0.2, 0) is 14.8 Å². The van der Waals surface area contributed by atoms with Gasteiger partial charge in [0.1, 0.15) is 4.90 Å². The quantitative estimate of drug-likeness (QED) is 0.746. The number of halogens is 2. The van der Waals surface area contributed by atoms with Crippen LogP contribution in [0.4, 0.5) is 0 Å². The van der Waals surface area contributed by atoms with Crippen molar-refractivity contribution in [2.24, 2.45) is 0 Å². The number of hydrogen-bond donors (Lipinski definition) is 1. The minimum atomic E-state index is -3.70. The molecule has 0 radical (unpaired) electrons. The molecule has 0 fully saturated rings. The monoisotopic (exact) mass is 433 g/mol. The van der Waals surface area contributed by atoms with Crippen molar-refractivity contribution in [1.82, 2.24) is 4.31 Å². The molecule has 0 saturated carbocycles. The van der Waals surface area contributed by atoms with Gasteiger partial charge in [0.15, 0.2) is 0 Å². The van der Waals surface area contributed by atoms with Crippen LogP contribution in [0, 0.1) is 0 Å². The van der Waals surface area contributed by atoms with E-state index in [4.69, 9.17) is 5.11 Å². The van der Waals surface area contributed by atoms with E-state index >= 15 is 0 Å². The van der Waals surface area contributed by atoms with E-state index in [0.29, 0.717) is 7.57 Å². The minimum Gasteiger partial charge on any atom is -0.481 e. The highest BCUT2D eigenvalue weighted by Crippen LogP contribution is 2.36. The second kappa shape index (κ2) is 6.66. The summed E-state index contributed by atoms with van der Waals surface area (Å²) in [6, 6.07) is 1.20. The molecule has 1 heterocycles. The van der Waals surface area contributed by atoms with Gasteiger partial charge < -0.3 is 5.11 Å². The zero-order valence-corrected chi connectivity index (χ0v) is 15.1. The molecule has 0 bridgehead atoms. The first-order valence-electron chi connectivity index (χ1n) is 5.34. The second-order valence-electron chi connectivity index (χ2n) is 4.04. The first-order valence-corrected chi connectivity index (χ1v) is 9.19. The Kier molecular flexibility index (Phi) is 5.99. The van der Waals surface area contributed by atoms with Crippen LogP contribution in [0.3, 0.4) is 0 Å². The Morgan fingerprint density at radius 2 is 2.05 bits per heavy atom. The first-order chi connectivity index (χ1) is 8.66. The minimum absolute atomic E-state index is 0.0464. The summed E-state index contributed by atoms with van der Waals surface area (Å²) < 4.78 is 27.4. The van der Waals surface area contributed by atoms with Crippen LogP contribution in [0.5, 0.6) is 0 Å². The van der Waals surface area contributed by atoms with Gasteiger partial charge in [-0.05, 0) is 51.8 Å². The van der Waals surface area contributed by atoms with E-state index in [9.17, 15) is 13.2 Å². The zero-order chi connectivity index (χ0) is 14.8. The molecule has 0 spiro atoms. The molecule has 0 aromatic carbocycles. The summed E-state index contributed by atoms with van der Waals surface area (Å²) in [6.07, 6.45) is -0.222. The number of hydrogen-bond acceptors (Lipinski definition) is 4. The van der Waals surface area contributed by atoms with Crippen molar-refractivity contribution in [3.63, 3.8) is 0 Å². The predicted molar refractivity (Wildman–Crippen MR) is 81.0 cm³/mol. The van der Waals surface area contributed by atoms with E-state index in [1.165, 1.54) is 21.7 Å². The summed E-state index contributed by atoms with van der Waals surface area (Å²) in [6.45, 7) is 3.39. The fourth-order valence-corrected chi connectivity index (χ4v) is 6.89. The van der Waals surface area contributed by atoms with Crippen molar-refractivity contribution in [1.29, 1.82) is 0 Å². The number of nitrogens with zero attached hydrogens (tertiary/aromatic N) is 1. The fourth-order valence-electron chi connectivity index (χ4n) is 1.49. The number of rotatable bonds is 6. The van der Waals surface area contributed by atoms with Gasteiger partial charge in [0, 0.05) is 12.6 Å². The maximum absolute atomic E-state index is 12.5. The molecule has 1 N–H and O–H groups in total. The van der Waals surface area contributed by atoms with Crippen LogP contribution in [-0.4, -0.2) is 36.4 Å². The first kappa shape index (κ1) is 17.1. The van der Waals surface area contributed by atoms with E-state index in [1.54, 1.807) is 13.8 Å². The second-order valence-corrected chi connectivity index (χ2v) is 9.65. The summed E-state index contributed by atoms with van der Waals surface area (Å²) in [4.78, 5) is 10.8. The van der Waals surface area contributed by atoms with E-state index in [2.05, 4.69) is 31.9 Å². The van der Waals surface area contributed by atoms with Crippen molar-refractivity contribution in [2.45, 2.75) is 31.2 Å². The maximum Gasteiger partial charge on any atom is 0.304 e. The molecule has 19 heavy (non-hydrogen) atoms. The summed E-state index contributed by atoms with van der Waals surface area (Å²) >= 11 is 7.71. The molecule has 0 saturated heterocycles. The molecule has 5 nitrogen and oxygen atoms in total. The average molecular weight is 435 g/mol. The molecule has 108 valence electrons. The van der Waals surface area contributed by atoms with Crippen LogP contribution in [0.2, 0.25) is 0 Å². The highest BCUT2D eigenvalue weighted by atomic mass is 79.9. The van der Waals surface area contributed by atoms with Gasteiger partial charge in [-0.3, -0.25) is 4.79 Å². The lowest BCUT2D eigenvalue weighted by atomic mass is 10.3. The number of thiophene rings is 1. The number of sulfonamides is 1. The lowest BCUT2D eigenvalue weighted by Gasteiger charge is -2.24. The van der Waals surface area contributed by atoms with Gasteiger partial charge in [0.05, 0.1) is 14.0 Å². The van der Waals surface area contributed by atoms with Gasteiger partial charge in [-0.2, -0.15) is 4.31 Å². The van der Waals surface area contributed by atoms with Crippen molar-refractivity contribution in [3.05, 3.63) is 13.6 Å². The average Bonchev–Trinajstić information content (AvgIpc) is 2.57. The van der Waals surface area contributed by atoms with Crippen molar-refractivity contribution in [3.8, 4) is 0 Å². The largest absolute Gasteiger partial charge is 0.481 e. The van der Waals surface area contributed by atoms with Gasteiger partial charge in [-0.1, -0.05) is 0 Å². The Morgan fingerprint density at radius 1 is 1.47 bits per heavy atom. The lowest BCUT2D eigenvalue weighted by Crippen LogP contribution is -2.38. The lowest BCUT2D eigenvalue weighted by molar-refractivity contribution is -0.137. The zero-order valence-electron chi connectivity index (χ0n) is 10.3. The molecule has 0 atom stereocenters. The van der Waals surface area contributed by atoms with Gasteiger partial charge in [-0.25, -0.2) is 8.42 Å². The van der Waals surface area contributed by atoms with Crippen LogP contribution < -0.4 is 0 Å². The molecule has 1 aromatic heterocycles. The van der Waals surface area contributed by atoms with Gasteiger partial charge in [0.2, 0.25) is 10.0 Å². The van der Waals surface area contributed by atoms with Crippen LogP contribution in [0.15, 0.2) is 18.5 Å². The third-order valence-electron chi connectivity index (χ3n) is 2.33. The Morgan fingerprint density at radius 3 is 2.42 bits per heavy atom. The summed E-state index contributed by atoms with van der Waals surface area (Å²) in [5.74, 6) is -1.02. The molecule has 0 amide bonds. The van der Waals surface area contributed by atoms with Crippen LogP contribution in [0.25, 0.3) is 0 Å². The summed E-state index contributed by atoms with van der Waals surface area (Å²) in [7, 11) is -3.70. The number of aliphatic carboxylic acids is 1. The van der Waals surface area contributed by atoms with Crippen LogP contribution >= 0.6 is 43.2 Å². The molecule has 1 rings (SSSR count). The van der Waals surface area contributed by atoms with Gasteiger partial charge in [-0.15, -0.1) is 11.3 Å². The van der Waals surface area contributed by atoms with E-state index in [-0.39, 0.29) is 23.9 Å². The topological polar surface area (TPSA) is 74.7 Å². The smallest absolute Gasteiger partial charge is 0.304 e. The van der Waals surface area contributed by atoms with Crippen LogP contribution in [0.1, 0.15) is 20.3 Å². The van der Waals surface area contributed by atoms with Crippen molar-refractivity contribution in [2.75, 3.05) is 6.54 Å². The Balaban J connectivity index is 3.13. The Hall–Kier alpha value is 0.0400. The fraction of sp³-hybridized carbons (Fsp3) is 0.500. The van der Waals surface area contributed by atoms with Gasteiger partial charge in [0.25, 0.3) is 0 Å². The van der Waals surface area contributed by atoms with Crippen molar-refractivity contribution >= 4 is 59.2 Å².